The van der Waals surface area contributed by atoms with E-state index in [1.54, 1.807) is 0 Å². The van der Waals surface area contributed by atoms with Crippen molar-refractivity contribution >= 4 is 11.7 Å². The van der Waals surface area contributed by atoms with Gasteiger partial charge >= 0.3 is 5.97 Å². The molecule has 1 N–H and O–H groups in total. The molecule has 0 aromatic carbocycles. The van der Waals surface area contributed by atoms with E-state index in [1.807, 2.05) is 19.3 Å². The number of piperidine rings is 1. The minimum Gasteiger partial charge on any atom is -0.469 e. The first-order valence-corrected chi connectivity index (χ1v) is 6.66. The maximum absolute atomic E-state index is 11.5. The molecule has 1 aliphatic rings. The highest BCUT2D eigenvalue weighted by atomic mass is 16.5. The molecule has 1 aliphatic heterocycles. The minimum absolute atomic E-state index is 0.0675. The van der Waals surface area contributed by atoms with Crippen LogP contribution in [-0.4, -0.2) is 43.1 Å². The summed E-state index contributed by atoms with van der Waals surface area (Å²) in [6, 6.07) is 4.01. The van der Waals surface area contributed by atoms with Crippen LogP contribution in [0.1, 0.15) is 18.5 Å². The average Bonchev–Trinajstić information content (AvgIpc) is 2.47. The molecular weight excluding hydrogens is 242 g/mol. The number of esters is 1. The SMILES string of the molecule is CNc1ccnc(CN2CCC(C(=O)OC)CC2)c1. The number of nitrogens with one attached hydrogen (secondary N) is 1. The topological polar surface area (TPSA) is 54.5 Å². The molecule has 5 heteroatoms. The standard InChI is InChI=1S/C14H21N3O2/c1-15-12-3-6-16-13(9-12)10-17-7-4-11(5-8-17)14(18)19-2/h3,6,9,11H,4-5,7-8,10H2,1-2H3,(H,15,16). The van der Waals surface area contributed by atoms with Crippen molar-refractivity contribution in [3.05, 3.63) is 24.0 Å². The molecule has 1 saturated heterocycles. The van der Waals surface area contributed by atoms with E-state index in [4.69, 9.17) is 4.74 Å². The van der Waals surface area contributed by atoms with Crippen LogP contribution in [-0.2, 0) is 16.1 Å². The number of carbonyl (C=O) groups excluding carboxylic acids is 1. The Morgan fingerprint density at radius 2 is 2.26 bits per heavy atom. The van der Waals surface area contributed by atoms with Gasteiger partial charge in [0.25, 0.3) is 0 Å². The van der Waals surface area contributed by atoms with Crippen LogP contribution >= 0.6 is 0 Å². The van der Waals surface area contributed by atoms with Crippen LogP contribution in [0.3, 0.4) is 0 Å². The summed E-state index contributed by atoms with van der Waals surface area (Å²) in [5.41, 5.74) is 2.14. The van der Waals surface area contributed by atoms with Gasteiger partial charge in [-0.3, -0.25) is 14.7 Å². The van der Waals surface area contributed by atoms with E-state index in [2.05, 4.69) is 21.3 Å². The number of hydrogen-bond donors (Lipinski definition) is 1. The molecule has 0 atom stereocenters. The molecule has 1 aromatic heterocycles. The average molecular weight is 263 g/mol. The highest BCUT2D eigenvalue weighted by molar-refractivity contribution is 5.72. The number of anilines is 1. The molecule has 2 heterocycles. The maximum Gasteiger partial charge on any atom is 0.308 e. The van der Waals surface area contributed by atoms with E-state index >= 15 is 0 Å². The second-order valence-electron chi connectivity index (χ2n) is 4.86. The van der Waals surface area contributed by atoms with Gasteiger partial charge in [-0.2, -0.15) is 0 Å². The van der Waals surface area contributed by atoms with E-state index < -0.39 is 0 Å². The number of rotatable bonds is 4. The first-order valence-electron chi connectivity index (χ1n) is 6.66. The fourth-order valence-corrected chi connectivity index (χ4v) is 2.44. The van der Waals surface area contributed by atoms with Crippen LogP contribution < -0.4 is 5.32 Å². The Morgan fingerprint density at radius 3 is 2.89 bits per heavy atom. The molecule has 5 nitrogen and oxygen atoms in total. The van der Waals surface area contributed by atoms with Gasteiger partial charge in [-0.15, -0.1) is 0 Å². The van der Waals surface area contributed by atoms with Gasteiger partial charge in [0.2, 0.25) is 0 Å². The lowest BCUT2D eigenvalue weighted by Gasteiger charge is -2.30. The monoisotopic (exact) mass is 263 g/mol. The molecule has 104 valence electrons. The third kappa shape index (κ3) is 3.67. The fraction of sp³-hybridized carbons (Fsp3) is 0.571. The molecule has 0 saturated carbocycles. The Bertz CT molecular complexity index is 428. The Kier molecular flexibility index (Phi) is 4.74. The molecule has 0 bridgehead atoms. The lowest BCUT2D eigenvalue weighted by atomic mass is 9.97. The van der Waals surface area contributed by atoms with Crippen LogP contribution in [0.2, 0.25) is 0 Å². The third-order valence-corrected chi connectivity index (χ3v) is 3.61. The lowest BCUT2D eigenvalue weighted by Crippen LogP contribution is -2.36. The second kappa shape index (κ2) is 6.52. The van der Waals surface area contributed by atoms with Crippen LogP contribution in [0.15, 0.2) is 18.3 Å². The smallest absolute Gasteiger partial charge is 0.308 e. The number of hydrogen-bond acceptors (Lipinski definition) is 5. The summed E-state index contributed by atoms with van der Waals surface area (Å²) in [4.78, 5) is 18.2. The Morgan fingerprint density at radius 1 is 1.53 bits per heavy atom. The van der Waals surface area contributed by atoms with Gasteiger partial charge in [-0.1, -0.05) is 0 Å². The number of aromatic nitrogens is 1. The summed E-state index contributed by atoms with van der Waals surface area (Å²) < 4.78 is 4.80. The van der Waals surface area contributed by atoms with Gasteiger partial charge in [-0.25, -0.2) is 0 Å². The minimum atomic E-state index is -0.0741. The molecule has 0 aliphatic carbocycles. The first kappa shape index (κ1) is 13.8. The number of carbonyl (C=O) groups is 1. The Hall–Kier alpha value is -1.62. The molecule has 1 fully saturated rings. The molecular formula is C14H21N3O2. The number of nitrogens with zero attached hydrogens (tertiary/aromatic N) is 2. The van der Waals surface area contributed by atoms with Crippen LogP contribution in [0, 0.1) is 5.92 Å². The first-order chi connectivity index (χ1) is 9.22. The highest BCUT2D eigenvalue weighted by Crippen LogP contribution is 2.20. The molecule has 19 heavy (non-hydrogen) atoms. The van der Waals surface area contributed by atoms with Gasteiger partial charge in [0, 0.05) is 25.5 Å². The number of methoxy groups -OCH3 is 1. The largest absolute Gasteiger partial charge is 0.469 e. The van der Waals surface area contributed by atoms with Crippen molar-refractivity contribution in [3.63, 3.8) is 0 Å². The number of ether oxygens (including phenoxy) is 1. The third-order valence-electron chi connectivity index (χ3n) is 3.61. The molecule has 0 spiro atoms. The second-order valence-corrected chi connectivity index (χ2v) is 4.86. The summed E-state index contributed by atoms with van der Waals surface area (Å²) in [6.45, 7) is 2.68. The zero-order valence-corrected chi connectivity index (χ0v) is 11.6. The Labute approximate surface area is 114 Å². The van der Waals surface area contributed by atoms with Gasteiger partial charge < -0.3 is 10.1 Å². The maximum atomic E-state index is 11.5. The summed E-state index contributed by atoms with van der Waals surface area (Å²) in [5.74, 6) is -0.00666. The number of pyridine rings is 1. The van der Waals surface area contributed by atoms with Gasteiger partial charge in [0.15, 0.2) is 0 Å². The van der Waals surface area contributed by atoms with E-state index in [9.17, 15) is 4.79 Å². The molecule has 0 unspecified atom stereocenters. The zero-order chi connectivity index (χ0) is 13.7. The van der Waals surface area contributed by atoms with Crippen molar-refractivity contribution in [2.45, 2.75) is 19.4 Å². The van der Waals surface area contributed by atoms with Crippen molar-refractivity contribution in [1.82, 2.24) is 9.88 Å². The van der Waals surface area contributed by atoms with E-state index in [0.717, 1.165) is 43.9 Å². The molecule has 2 rings (SSSR count). The van der Waals surface area contributed by atoms with Crippen molar-refractivity contribution in [2.24, 2.45) is 5.92 Å². The van der Waals surface area contributed by atoms with Crippen molar-refractivity contribution < 1.29 is 9.53 Å². The molecule has 0 radical (unpaired) electrons. The van der Waals surface area contributed by atoms with E-state index in [0.29, 0.717) is 0 Å². The van der Waals surface area contributed by atoms with Crippen LogP contribution in [0.5, 0.6) is 0 Å². The van der Waals surface area contributed by atoms with Crippen LogP contribution in [0.25, 0.3) is 0 Å². The van der Waals surface area contributed by atoms with Crippen molar-refractivity contribution in [3.8, 4) is 0 Å². The summed E-state index contributed by atoms with van der Waals surface area (Å²) in [7, 11) is 3.36. The van der Waals surface area contributed by atoms with Gasteiger partial charge in [0.1, 0.15) is 0 Å². The quantitative estimate of drug-likeness (QED) is 0.834. The molecule has 1 aromatic rings. The van der Waals surface area contributed by atoms with E-state index in [-0.39, 0.29) is 11.9 Å². The predicted molar refractivity (Wildman–Crippen MR) is 73.8 cm³/mol. The van der Waals surface area contributed by atoms with Crippen molar-refractivity contribution in [2.75, 3.05) is 32.6 Å². The van der Waals surface area contributed by atoms with Gasteiger partial charge in [-0.05, 0) is 38.1 Å². The van der Waals surface area contributed by atoms with E-state index in [1.165, 1.54) is 7.11 Å². The summed E-state index contributed by atoms with van der Waals surface area (Å²) in [5, 5.41) is 3.11. The van der Waals surface area contributed by atoms with Crippen LogP contribution in [0.4, 0.5) is 5.69 Å². The summed E-state index contributed by atoms with van der Waals surface area (Å²) in [6.07, 6.45) is 3.57. The molecule has 0 amide bonds. The highest BCUT2D eigenvalue weighted by Gasteiger charge is 2.25. The summed E-state index contributed by atoms with van der Waals surface area (Å²) >= 11 is 0. The van der Waals surface area contributed by atoms with Gasteiger partial charge in [0.05, 0.1) is 18.7 Å². The number of likely N-dealkylation sites (tertiary alicyclic amines) is 1. The lowest BCUT2D eigenvalue weighted by molar-refractivity contribution is -0.147. The normalized spacial score (nSPS) is 17.2. The van der Waals surface area contributed by atoms with Crippen molar-refractivity contribution in [1.29, 1.82) is 0 Å². The zero-order valence-electron chi connectivity index (χ0n) is 11.6. The Balaban J connectivity index is 1.86. The fourth-order valence-electron chi connectivity index (χ4n) is 2.44. The predicted octanol–water partition coefficient (Wildman–Crippen LogP) is 1.51.